The number of para-hydroxylation sites is 1. The number of carbonyl (C=O) groups excluding carboxylic acids is 1. The maximum absolute atomic E-state index is 12.7. The van der Waals surface area contributed by atoms with Gasteiger partial charge in [-0.1, -0.05) is 23.7 Å². The summed E-state index contributed by atoms with van der Waals surface area (Å²) in [6, 6.07) is 12.9. The van der Waals surface area contributed by atoms with Crippen molar-refractivity contribution in [2.24, 2.45) is 0 Å². The molecular formula is C20H18ClN3O4S. The Morgan fingerprint density at radius 2 is 1.79 bits per heavy atom. The van der Waals surface area contributed by atoms with Crippen LogP contribution in [0.25, 0.3) is 10.9 Å². The lowest BCUT2D eigenvalue weighted by Gasteiger charge is -2.26. The molecule has 1 fully saturated rings. The van der Waals surface area contributed by atoms with E-state index in [9.17, 15) is 13.2 Å². The fourth-order valence-corrected chi connectivity index (χ4v) is 4.79. The average molecular weight is 432 g/mol. The summed E-state index contributed by atoms with van der Waals surface area (Å²) >= 11 is 6.16. The number of halogens is 1. The maximum atomic E-state index is 12.7. The maximum Gasteiger partial charge on any atom is 0.255 e. The highest BCUT2D eigenvalue weighted by atomic mass is 35.5. The lowest BCUT2D eigenvalue weighted by molar-refractivity contribution is 0.0730. The van der Waals surface area contributed by atoms with Crippen LogP contribution in [0.5, 0.6) is 0 Å². The molecular weight excluding hydrogens is 414 g/mol. The summed E-state index contributed by atoms with van der Waals surface area (Å²) < 4.78 is 32.0. The van der Waals surface area contributed by atoms with Gasteiger partial charge in [0, 0.05) is 30.2 Å². The molecule has 150 valence electrons. The van der Waals surface area contributed by atoms with Crippen molar-refractivity contribution in [1.29, 1.82) is 0 Å². The summed E-state index contributed by atoms with van der Waals surface area (Å²) in [4.78, 5) is 17.1. The molecule has 1 aliphatic rings. The Labute approximate surface area is 173 Å². The third-order valence-corrected chi connectivity index (χ3v) is 6.91. The first-order chi connectivity index (χ1) is 14.0. The number of hydrogen-bond acceptors (Lipinski definition) is 5. The lowest BCUT2D eigenvalue weighted by atomic mass is 10.1. The highest BCUT2D eigenvalue weighted by Gasteiger charge is 2.26. The van der Waals surface area contributed by atoms with E-state index < -0.39 is 10.0 Å². The average Bonchev–Trinajstić information content (AvgIpc) is 2.75. The number of carbonyl (C=O) groups is 1. The van der Waals surface area contributed by atoms with Gasteiger partial charge in [-0.2, -0.15) is 4.31 Å². The molecule has 2 aromatic carbocycles. The standard InChI is InChI=1S/C20H18ClN3O4S/c21-17-3-1-2-16-18(8-9-22-19(16)17)23-20(25)14-4-6-15(7-5-14)29(26,27)24-10-12-28-13-11-24/h1-9H,10-13H2,(H,22,23,25). The Bertz CT molecular complexity index is 1160. The van der Waals surface area contributed by atoms with Gasteiger partial charge in [-0.3, -0.25) is 9.78 Å². The van der Waals surface area contributed by atoms with Crippen molar-refractivity contribution in [3.05, 3.63) is 65.3 Å². The molecule has 1 amide bonds. The summed E-state index contributed by atoms with van der Waals surface area (Å²) in [5.74, 6) is -0.354. The van der Waals surface area contributed by atoms with Gasteiger partial charge in [-0.15, -0.1) is 0 Å². The number of hydrogen-bond donors (Lipinski definition) is 1. The quantitative estimate of drug-likeness (QED) is 0.685. The highest BCUT2D eigenvalue weighted by Crippen LogP contribution is 2.27. The largest absolute Gasteiger partial charge is 0.379 e. The Morgan fingerprint density at radius 3 is 2.52 bits per heavy atom. The van der Waals surface area contributed by atoms with E-state index in [1.807, 2.05) is 6.07 Å². The van der Waals surface area contributed by atoms with Gasteiger partial charge in [-0.25, -0.2) is 8.42 Å². The van der Waals surface area contributed by atoms with E-state index in [1.165, 1.54) is 28.6 Å². The van der Waals surface area contributed by atoms with E-state index >= 15 is 0 Å². The number of benzene rings is 2. The van der Waals surface area contributed by atoms with Crippen molar-refractivity contribution in [2.75, 3.05) is 31.6 Å². The summed E-state index contributed by atoms with van der Waals surface area (Å²) in [6.07, 6.45) is 1.57. The van der Waals surface area contributed by atoms with Crippen LogP contribution in [0.3, 0.4) is 0 Å². The molecule has 0 aliphatic carbocycles. The van der Waals surface area contributed by atoms with Gasteiger partial charge in [0.15, 0.2) is 0 Å². The molecule has 0 radical (unpaired) electrons. The van der Waals surface area contributed by atoms with Crippen molar-refractivity contribution in [1.82, 2.24) is 9.29 Å². The van der Waals surface area contributed by atoms with Crippen molar-refractivity contribution < 1.29 is 17.9 Å². The van der Waals surface area contributed by atoms with Crippen LogP contribution in [-0.2, 0) is 14.8 Å². The summed E-state index contributed by atoms with van der Waals surface area (Å²) in [6.45, 7) is 1.40. The zero-order valence-electron chi connectivity index (χ0n) is 15.3. The predicted molar refractivity (Wildman–Crippen MR) is 111 cm³/mol. The van der Waals surface area contributed by atoms with Crippen LogP contribution in [0.2, 0.25) is 5.02 Å². The molecule has 1 aromatic heterocycles. The monoisotopic (exact) mass is 431 g/mol. The van der Waals surface area contributed by atoms with Crippen LogP contribution < -0.4 is 5.32 Å². The normalized spacial score (nSPS) is 15.3. The molecule has 3 aromatic rings. The number of anilines is 1. The number of rotatable bonds is 4. The summed E-state index contributed by atoms with van der Waals surface area (Å²) in [5, 5.41) is 4.05. The second-order valence-electron chi connectivity index (χ2n) is 6.49. The Kier molecular flexibility index (Phi) is 5.51. The van der Waals surface area contributed by atoms with Crippen LogP contribution in [0.1, 0.15) is 10.4 Å². The molecule has 0 atom stereocenters. The lowest BCUT2D eigenvalue weighted by Crippen LogP contribution is -2.40. The fourth-order valence-electron chi connectivity index (χ4n) is 3.16. The van der Waals surface area contributed by atoms with E-state index in [-0.39, 0.29) is 10.8 Å². The number of nitrogens with zero attached hydrogens (tertiary/aromatic N) is 2. The topological polar surface area (TPSA) is 88.6 Å². The van der Waals surface area contributed by atoms with E-state index in [1.54, 1.807) is 24.4 Å². The van der Waals surface area contributed by atoms with E-state index in [0.29, 0.717) is 48.1 Å². The molecule has 0 spiro atoms. The van der Waals surface area contributed by atoms with Crippen LogP contribution in [0.15, 0.2) is 59.6 Å². The van der Waals surface area contributed by atoms with E-state index in [2.05, 4.69) is 10.3 Å². The second kappa shape index (κ2) is 8.08. The third kappa shape index (κ3) is 3.97. The predicted octanol–water partition coefficient (Wildman–Crippen LogP) is 3.16. The molecule has 1 N–H and O–H groups in total. The van der Waals surface area contributed by atoms with Crippen molar-refractivity contribution in [3.8, 4) is 0 Å². The van der Waals surface area contributed by atoms with Gasteiger partial charge in [0.1, 0.15) is 0 Å². The molecule has 29 heavy (non-hydrogen) atoms. The number of aromatic nitrogens is 1. The first-order valence-corrected chi connectivity index (χ1v) is 10.8. The number of pyridine rings is 1. The Hall–Kier alpha value is -2.52. The molecule has 2 heterocycles. The number of sulfonamides is 1. The van der Waals surface area contributed by atoms with Crippen LogP contribution in [-0.4, -0.2) is 49.9 Å². The second-order valence-corrected chi connectivity index (χ2v) is 8.83. The number of amides is 1. The van der Waals surface area contributed by atoms with Crippen molar-refractivity contribution in [2.45, 2.75) is 4.90 Å². The Balaban J connectivity index is 1.55. The number of fused-ring (bicyclic) bond motifs is 1. The molecule has 4 rings (SSSR count). The summed E-state index contributed by atoms with van der Waals surface area (Å²) in [5.41, 5.74) is 1.52. The molecule has 0 saturated carbocycles. The molecule has 0 unspecified atom stereocenters. The molecule has 0 bridgehead atoms. The van der Waals surface area contributed by atoms with Gasteiger partial charge in [0.25, 0.3) is 5.91 Å². The number of morpholine rings is 1. The third-order valence-electron chi connectivity index (χ3n) is 4.69. The summed E-state index contributed by atoms with van der Waals surface area (Å²) in [7, 11) is -3.60. The van der Waals surface area contributed by atoms with Crippen LogP contribution in [0.4, 0.5) is 5.69 Å². The first kappa shape index (κ1) is 19.8. The molecule has 1 saturated heterocycles. The zero-order chi connectivity index (χ0) is 20.4. The van der Waals surface area contributed by atoms with E-state index in [0.717, 1.165) is 5.39 Å². The SMILES string of the molecule is O=C(Nc1ccnc2c(Cl)cccc12)c1ccc(S(=O)(=O)N2CCOCC2)cc1. The van der Waals surface area contributed by atoms with Gasteiger partial charge in [0.05, 0.1) is 34.3 Å². The molecule has 7 nitrogen and oxygen atoms in total. The minimum Gasteiger partial charge on any atom is -0.379 e. The van der Waals surface area contributed by atoms with Crippen LogP contribution >= 0.6 is 11.6 Å². The van der Waals surface area contributed by atoms with Gasteiger partial charge < -0.3 is 10.1 Å². The van der Waals surface area contributed by atoms with Crippen LogP contribution in [0, 0.1) is 0 Å². The highest BCUT2D eigenvalue weighted by molar-refractivity contribution is 7.89. The van der Waals surface area contributed by atoms with E-state index in [4.69, 9.17) is 16.3 Å². The smallest absolute Gasteiger partial charge is 0.255 e. The zero-order valence-corrected chi connectivity index (χ0v) is 16.9. The van der Waals surface area contributed by atoms with Crippen molar-refractivity contribution >= 4 is 44.1 Å². The van der Waals surface area contributed by atoms with Gasteiger partial charge >= 0.3 is 0 Å². The Morgan fingerprint density at radius 1 is 1.07 bits per heavy atom. The van der Waals surface area contributed by atoms with Gasteiger partial charge in [0.2, 0.25) is 10.0 Å². The number of nitrogens with one attached hydrogen (secondary N) is 1. The minimum absolute atomic E-state index is 0.150. The first-order valence-electron chi connectivity index (χ1n) is 8.99. The fraction of sp³-hybridized carbons (Fsp3) is 0.200. The van der Waals surface area contributed by atoms with Crippen molar-refractivity contribution in [3.63, 3.8) is 0 Å². The molecule has 1 aliphatic heterocycles. The minimum atomic E-state index is -3.60. The molecule has 9 heteroatoms. The number of ether oxygens (including phenoxy) is 1. The van der Waals surface area contributed by atoms with Gasteiger partial charge in [-0.05, 0) is 36.4 Å².